The van der Waals surface area contributed by atoms with Gasteiger partial charge in [-0.25, -0.2) is 0 Å². The maximum atomic E-state index is 12.2. The summed E-state index contributed by atoms with van der Waals surface area (Å²) in [6.45, 7) is 4.18. The minimum Gasteiger partial charge on any atom is -0.467 e. The molecular formula is C15H22N2O4. The van der Waals surface area contributed by atoms with Crippen molar-refractivity contribution in [3.8, 4) is 0 Å². The highest BCUT2D eigenvalue weighted by Crippen LogP contribution is 2.21. The van der Waals surface area contributed by atoms with Gasteiger partial charge in [-0.2, -0.15) is 0 Å². The highest BCUT2D eigenvalue weighted by atomic mass is 16.5. The molecule has 1 unspecified atom stereocenters. The maximum absolute atomic E-state index is 12.2. The van der Waals surface area contributed by atoms with Crippen molar-refractivity contribution in [1.82, 2.24) is 10.2 Å². The first-order valence-corrected chi connectivity index (χ1v) is 7.39. The Labute approximate surface area is 124 Å². The number of hydrogen-bond acceptors (Lipinski definition) is 4. The van der Waals surface area contributed by atoms with Crippen molar-refractivity contribution in [2.75, 3.05) is 19.8 Å². The second-order valence-electron chi connectivity index (χ2n) is 5.00. The van der Waals surface area contributed by atoms with Gasteiger partial charge in [0.1, 0.15) is 11.8 Å². The zero-order valence-corrected chi connectivity index (χ0v) is 12.3. The highest BCUT2D eigenvalue weighted by molar-refractivity contribution is 5.90. The van der Waals surface area contributed by atoms with Crippen molar-refractivity contribution in [3.05, 3.63) is 24.2 Å². The fourth-order valence-electron chi connectivity index (χ4n) is 2.42. The SMILES string of the molecule is CCOCCCNC(=O)C1CCC(=O)N1Cc1ccco1. The fourth-order valence-corrected chi connectivity index (χ4v) is 2.42. The number of nitrogens with one attached hydrogen (secondary N) is 1. The van der Waals surface area contributed by atoms with Gasteiger partial charge >= 0.3 is 0 Å². The first kappa shape index (κ1) is 15.6. The van der Waals surface area contributed by atoms with Gasteiger partial charge in [0.15, 0.2) is 0 Å². The number of hydrogen-bond donors (Lipinski definition) is 1. The van der Waals surface area contributed by atoms with E-state index >= 15 is 0 Å². The minimum absolute atomic E-state index is 0.000802. The van der Waals surface area contributed by atoms with E-state index in [0.717, 1.165) is 6.42 Å². The van der Waals surface area contributed by atoms with Crippen molar-refractivity contribution in [2.24, 2.45) is 0 Å². The predicted molar refractivity (Wildman–Crippen MR) is 76.4 cm³/mol. The summed E-state index contributed by atoms with van der Waals surface area (Å²) in [5, 5.41) is 2.87. The van der Waals surface area contributed by atoms with Gasteiger partial charge in [0.25, 0.3) is 0 Å². The Morgan fingerprint density at radius 3 is 3.14 bits per heavy atom. The second kappa shape index (κ2) is 7.83. The number of ether oxygens (including phenoxy) is 1. The van der Waals surface area contributed by atoms with Crippen LogP contribution in [0.4, 0.5) is 0 Å². The summed E-state index contributed by atoms with van der Waals surface area (Å²) in [4.78, 5) is 25.7. The summed E-state index contributed by atoms with van der Waals surface area (Å²) in [5.41, 5.74) is 0. The Kier molecular flexibility index (Phi) is 5.80. The molecule has 0 radical (unpaired) electrons. The van der Waals surface area contributed by atoms with Crippen LogP contribution in [-0.4, -0.2) is 42.5 Å². The molecule has 2 amide bonds. The predicted octanol–water partition coefficient (Wildman–Crippen LogP) is 1.31. The molecule has 6 heteroatoms. The third kappa shape index (κ3) is 4.32. The van der Waals surface area contributed by atoms with Gasteiger partial charge < -0.3 is 19.4 Å². The van der Waals surface area contributed by atoms with Crippen LogP contribution < -0.4 is 5.32 Å². The Morgan fingerprint density at radius 2 is 2.43 bits per heavy atom. The number of furan rings is 1. The van der Waals surface area contributed by atoms with Crippen LogP contribution in [0.25, 0.3) is 0 Å². The molecule has 2 heterocycles. The molecule has 0 spiro atoms. The van der Waals surface area contributed by atoms with Crippen LogP contribution in [-0.2, 0) is 20.9 Å². The minimum atomic E-state index is -0.394. The Balaban J connectivity index is 1.82. The van der Waals surface area contributed by atoms with Crippen molar-refractivity contribution >= 4 is 11.8 Å². The van der Waals surface area contributed by atoms with Gasteiger partial charge in [0, 0.05) is 26.2 Å². The third-order valence-corrected chi connectivity index (χ3v) is 3.51. The number of rotatable bonds is 8. The molecule has 1 aliphatic rings. The molecule has 1 aromatic heterocycles. The van der Waals surface area contributed by atoms with Crippen LogP contribution in [0.3, 0.4) is 0 Å². The number of carbonyl (C=O) groups is 2. The summed E-state index contributed by atoms with van der Waals surface area (Å²) in [6.07, 6.45) is 3.33. The van der Waals surface area contributed by atoms with E-state index in [2.05, 4.69) is 5.32 Å². The molecule has 1 aliphatic heterocycles. The van der Waals surface area contributed by atoms with E-state index in [1.54, 1.807) is 17.2 Å². The number of likely N-dealkylation sites (tertiary alicyclic amines) is 1. The molecule has 21 heavy (non-hydrogen) atoms. The standard InChI is InChI=1S/C15H22N2O4/c1-2-20-9-4-8-16-15(19)13-6-7-14(18)17(13)11-12-5-3-10-21-12/h3,5,10,13H,2,4,6-9,11H2,1H3,(H,16,19). The number of amides is 2. The van der Waals surface area contributed by atoms with Gasteiger partial charge in [-0.05, 0) is 31.9 Å². The zero-order valence-electron chi connectivity index (χ0n) is 12.3. The van der Waals surface area contributed by atoms with Crippen molar-refractivity contribution < 1.29 is 18.7 Å². The summed E-state index contributed by atoms with van der Waals surface area (Å²) >= 11 is 0. The second-order valence-corrected chi connectivity index (χ2v) is 5.00. The van der Waals surface area contributed by atoms with Crippen LogP contribution in [0.2, 0.25) is 0 Å². The van der Waals surface area contributed by atoms with Crippen LogP contribution in [0.5, 0.6) is 0 Å². The largest absolute Gasteiger partial charge is 0.467 e. The average Bonchev–Trinajstić information content (AvgIpc) is 3.10. The van der Waals surface area contributed by atoms with Gasteiger partial charge in [0.05, 0.1) is 12.8 Å². The molecule has 0 aromatic carbocycles. The van der Waals surface area contributed by atoms with E-state index in [9.17, 15) is 9.59 Å². The molecule has 1 fully saturated rings. The normalized spacial score (nSPS) is 18.2. The Bertz CT molecular complexity index is 458. The van der Waals surface area contributed by atoms with Gasteiger partial charge in [-0.1, -0.05) is 0 Å². The van der Waals surface area contributed by atoms with Crippen LogP contribution in [0, 0.1) is 0 Å². The molecule has 0 bridgehead atoms. The molecule has 1 atom stereocenters. The molecule has 1 saturated heterocycles. The molecule has 0 saturated carbocycles. The monoisotopic (exact) mass is 294 g/mol. The number of carbonyl (C=O) groups excluding carboxylic acids is 2. The maximum Gasteiger partial charge on any atom is 0.242 e. The Morgan fingerprint density at radius 1 is 1.57 bits per heavy atom. The smallest absolute Gasteiger partial charge is 0.242 e. The van der Waals surface area contributed by atoms with Gasteiger partial charge in [0.2, 0.25) is 11.8 Å². The average molecular weight is 294 g/mol. The molecule has 1 aromatic rings. The lowest BCUT2D eigenvalue weighted by atomic mass is 10.2. The first-order valence-electron chi connectivity index (χ1n) is 7.39. The fraction of sp³-hybridized carbons (Fsp3) is 0.600. The topological polar surface area (TPSA) is 71.8 Å². The molecule has 0 aliphatic carbocycles. The van der Waals surface area contributed by atoms with E-state index in [1.807, 2.05) is 13.0 Å². The van der Waals surface area contributed by atoms with Crippen LogP contribution >= 0.6 is 0 Å². The lowest BCUT2D eigenvalue weighted by Gasteiger charge is -2.23. The van der Waals surface area contributed by atoms with Gasteiger partial charge in [-0.15, -0.1) is 0 Å². The van der Waals surface area contributed by atoms with E-state index in [0.29, 0.717) is 44.9 Å². The van der Waals surface area contributed by atoms with Crippen LogP contribution in [0.15, 0.2) is 22.8 Å². The lowest BCUT2D eigenvalue weighted by molar-refractivity contribution is -0.136. The summed E-state index contributed by atoms with van der Waals surface area (Å²) in [6, 6.07) is 3.19. The van der Waals surface area contributed by atoms with Gasteiger partial charge in [-0.3, -0.25) is 9.59 Å². The lowest BCUT2D eigenvalue weighted by Crippen LogP contribution is -2.44. The summed E-state index contributed by atoms with van der Waals surface area (Å²) in [5.74, 6) is 0.601. The summed E-state index contributed by atoms with van der Waals surface area (Å²) < 4.78 is 10.5. The van der Waals surface area contributed by atoms with E-state index in [-0.39, 0.29) is 11.8 Å². The first-order chi connectivity index (χ1) is 10.2. The van der Waals surface area contributed by atoms with E-state index in [1.165, 1.54) is 0 Å². The van der Waals surface area contributed by atoms with Crippen LogP contribution in [0.1, 0.15) is 31.9 Å². The third-order valence-electron chi connectivity index (χ3n) is 3.51. The highest BCUT2D eigenvalue weighted by Gasteiger charge is 2.36. The van der Waals surface area contributed by atoms with Crippen molar-refractivity contribution in [3.63, 3.8) is 0 Å². The van der Waals surface area contributed by atoms with E-state index in [4.69, 9.17) is 9.15 Å². The quantitative estimate of drug-likeness (QED) is 0.734. The Hall–Kier alpha value is -1.82. The molecule has 1 N–H and O–H groups in total. The van der Waals surface area contributed by atoms with Crippen molar-refractivity contribution in [2.45, 2.75) is 38.8 Å². The molecule has 6 nitrogen and oxygen atoms in total. The molecule has 116 valence electrons. The summed E-state index contributed by atoms with van der Waals surface area (Å²) in [7, 11) is 0. The van der Waals surface area contributed by atoms with Crippen molar-refractivity contribution in [1.29, 1.82) is 0 Å². The van der Waals surface area contributed by atoms with E-state index < -0.39 is 6.04 Å². The molecule has 2 rings (SSSR count). The number of nitrogens with zero attached hydrogens (tertiary/aromatic N) is 1. The zero-order chi connectivity index (χ0) is 15.1. The molecular weight excluding hydrogens is 272 g/mol.